The first-order valence-electron chi connectivity index (χ1n) is 5.11. The van der Waals surface area contributed by atoms with Crippen LogP contribution in [0.5, 0.6) is 0 Å². The zero-order chi connectivity index (χ0) is 12.6. The van der Waals surface area contributed by atoms with E-state index in [1.165, 1.54) is 10.5 Å². The van der Waals surface area contributed by atoms with Gasteiger partial charge in [-0.15, -0.1) is 0 Å². The summed E-state index contributed by atoms with van der Waals surface area (Å²) in [5, 5.41) is 0.150. The van der Waals surface area contributed by atoms with Gasteiger partial charge in [-0.1, -0.05) is 20.8 Å². The predicted molar refractivity (Wildman–Crippen MR) is 62.6 cm³/mol. The van der Waals surface area contributed by atoms with Crippen LogP contribution in [0.4, 0.5) is 0 Å². The third-order valence-corrected chi connectivity index (χ3v) is 3.78. The Morgan fingerprint density at radius 3 is 2.38 bits per heavy atom. The Bertz CT molecular complexity index is 457. The summed E-state index contributed by atoms with van der Waals surface area (Å²) in [7, 11) is -1.86. The number of imidazole rings is 1. The van der Waals surface area contributed by atoms with Crippen molar-refractivity contribution < 1.29 is 8.42 Å². The third-order valence-electron chi connectivity index (χ3n) is 2.06. The normalized spacial score (nSPS) is 13.4. The van der Waals surface area contributed by atoms with Crippen LogP contribution in [0.2, 0.25) is 0 Å². The van der Waals surface area contributed by atoms with Gasteiger partial charge in [0.2, 0.25) is 0 Å². The number of aryl methyl sites for hydroxylation is 1. The number of sulfonamides is 1. The van der Waals surface area contributed by atoms with Crippen LogP contribution in [-0.4, -0.2) is 36.3 Å². The average molecular weight is 245 g/mol. The van der Waals surface area contributed by atoms with Gasteiger partial charge in [-0.3, -0.25) is 0 Å². The van der Waals surface area contributed by atoms with Crippen molar-refractivity contribution in [1.29, 1.82) is 0 Å². The number of H-pyrrole nitrogens is 1. The number of hydrogen-bond acceptors (Lipinski definition) is 3. The van der Waals surface area contributed by atoms with Gasteiger partial charge in [-0.05, 0) is 12.3 Å². The van der Waals surface area contributed by atoms with E-state index in [2.05, 4.69) is 9.97 Å². The molecule has 0 spiro atoms. The van der Waals surface area contributed by atoms with Gasteiger partial charge in [0, 0.05) is 13.6 Å². The summed E-state index contributed by atoms with van der Waals surface area (Å²) < 4.78 is 25.5. The zero-order valence-electron chi connectivity index (χ0n) is 10.4. The molecule has 0 aliphatic rings. The fourth-order valence-corrected chi connectivity index (χ4v) is 2.81. The highest BCUT2D eigenvalue weighted by Crippen LogP contribution is 2.19. The number of nitrogens with zero attached hydrogens (tertiary/aromatic N) is 2. The highest BCUT2D eigenvalue weighted by Gasteiger charge is 2.26. The van der Waals surface area contributed by atoms with Crippen LogP contribution >= 0.6 is 0 Å². The van der Waals surface area contributed by atoms with E-state index < -0.39 is 10.0 Å². The second kappa shape index (κ2) is 4.18. The van der Waals surface area contributed by atoms with Gasteiger partial charge < -0.3 is 4.98 Å². The number of hydrogen-bond donors (Lipinski definition) is 1. The zero-order valence-corrected chi connectivity index (χ0v) is 11.2. The first-order chi connectivity index (χ1) is 7.13. The van der Waals surface area contributed by atoms with Crippen molar-refractivity contribution in [2.45, 2.75) is 32.7 Å². The second-order valence-corrected chi connectivity index (χ2v) is 7.17. The van der Waals surface area contributed by atoms with E-state index in [0.717, 1.165) is 0 Å². The minimum Gasteiger partial charge on any atom is -0.332 e. The fourth-order valence-electron chi connectivity index (χ4n) is 1.45. The molecule has 1 aromatic rings. The SMILES string of the molecule is Cc1ncc(S(=O)(=O)N(C)CC(C)(C)C)[nH]1. The fraction of sp³-hybridized carbons (Fsp3) is 0.700. The van der Waals surface area contributed by atoms with Gasteiger partial charge in [0.05, 0.1) is 6.20 Å². The minimum atomic E-state index is -3.44. The molecule has 1 N–H and O–H groups in total. The molecule has 0 saturated heterocycles. The number of rotatable bonds is 3. The van der Waals surface area contributed by atoms with Gasteiger partial charge in [0.1, 0.15) is 5.82 Å². The van der Waals surface area contributed by atoms with Crippen LogP contribution in [-0.2, 0) is 10.0 Å². The molecule has 0 aliphatic carbocycles. The molecule has 0 aromatic carbocycles. The molecule has 0 amide bonds. The number of aromatic nitrogens is 2. The van der Waals surface area contributed by atoms with Crippen molar-refractivity contribution in [3.05, 3.63) is 12.0 Å². The summed E-state index contributed by atoms with van der Waals surface area (Å²) in [4.78, 5) is 6.64. The molecular weight excluding hydrogens is 226 g/mol. The van der Waals surface area contributed by atoms with E-state index in [0.29, 0.717) is 12.4 Å². The van der Waals surface area contributed by atoms with Crippen LogP contribution < -0.4 is 0 Å². The molecule has 0 bridgehead atoms. The van der Waals surface area contributed by atoms with E-state index in [9.17, 15) is 8.42 Å². The molecule has 6 heteroatoms. The van der Waals surface area contributed by atoms with Crippen molar-refractivity contribution in [2.24, 2.45) is 5.41 Å². The molecule has 5 nitrogen and oxygen atoms in total. The first-order valence-corrected chi connectivity index (χ1v) is 6.55. The molecular formula is C10H19N3O2S. The molecule has 1 aromatic heterocycles. The lowest BCUT2D eigenvalue weighted by atomic mass is 9.97. The summed E-state index contributed by atoms with van der Waals surface area (Å²) in [6, 6.07) is 0. The average Bonchev–Trinajstić information content (AvgIpc) is 2.48. The number of aromatic amines is 1. The molecule has 0 fully saturated rings. The van der Waals surface area contributed by atoms with Crippen LogP contribution in [0.1, 0.15) is 26.6 Å². The third kappa shape index (κ3) is 3.05. The van der Waals surface area contributed by atoms with Crippen molar-refractivity contribution in [1.82, 2.24) is 14.3 Å². The van der Waals surface area contributed by atoms with Crippen molar-refractivity contribution in [2.75, 3.05) is 13.6 Å². The van der Waals surface area contributed by atoms with Crippen molar-refractivity contribution in [3.63, 3.8) is 0 Å². The maximum atomic E-state index is 12.1. The lowest BCUT2D eigenvalue weighted by Crippen LogP contribution is -2.34. The summed E-state index contributed by atoms with van der Waals surface area (Å²) in [5.74, 6) is 0.600. The van der Waals surface area contributed by atoms with Crippen molar-refractivity contribution in [3.8, 4) is 0 Å². The van der Waals surface area contributed by atoms with E-state index in [4.69, 9.17) is 0 Å². The minimum absolute atomic E-state index is 0.0725. The Hall–Kier alpha value is -0.880. The highest BCUT2D eigenvalue weighted by atomic mass is 32.2. The summed E-state index contributed by atoms with van der Waals surface area (Å²) in [6.07, 6.45) is 1.35. The Labute approximate surface area is 96.9 Å². The molecule has 0 unspecified atom stereocenters. The maximum Gasteiger partial charge on any atom is 0.259 e. The molecule has 1 heterocycles. The Balaban J connectivity index is 2.95. The predicted octanol–water partition coefficient (Wildman–Crippen LogP) is 1.38. The van der Waals surface area contributed by atoms with E-state index in [1.54, 1.807) is 14.0 Å². The summed E-state index contributed by atoms with van der Waals surface area (Å²) >= 11 is 0. The Morgan fingerprint density at radius 1 is 1.44 bits per heavy atom. The smallest absolute Gasteiger partial charge is 0.259 e. The molecule has 0 atom stereocenters. The van der Waals surface area contributed by atoms with Crippen molar-refractivity contribution >= 4 is 10.0 Å². The summed E-state index contributed by atoms with van der Waals surface area (Å²) in [5.41, 5.74) is -0.0725. The standard InChI is InChI=1S/C10H19N3O2S/c1-8-11-6-9(12-8)16(14,15)13(5)7-10(2,3)4/h6H,7H2,1-5H3,(H,11,12). The van der Waals surface area contributed by atoms with Crippen LogP contribution in [0.15, 0.2) is 11.2 Å². The van der Waals surface area contributed by atoms with Crippen LogP contribution in [0, 0.1) is 12.3 Å². The molecule has 16 heavy (non-hydrogen) atoms. The molecule has 1 rings (SSSR count). The van der Waals surface area contributed by atoms with Gasteiger partial charge in [0.25, 0.3) is 10.0 Å². The molecule has 92 valence electrons. The Morgan fingerprint density at radius 2 is 2.00 bits per heavy atom. The lowest BCUT2D eigenvalue weighted by molar-refractivity contribution is 0.310. The molecule has 0 aliphatic heterocycles. The van der Waals surface area contributed by atoms with E-state index >= 15 is 0 Å². The topological polar surface area (TPSA) is 66.1 Å². The van der Waals surface area contributed by atoms with Gasteiger partial charge in [-0.2, -0.15) is 4.31 Å². The van der Waals surface area contributed by atoms with Crippen LogP contribution in [0.3, 0.4) is 0 Å². The van der Waals surface area contributed by atoms with E-state index in [-0.39, 0.29) is 10.4 Å². The van der Waals surface area contributed by atoms with Gasteiger partial charge in [-0.25, -0.2) is 13.4 Å². The molecule has 0 saturated carbocycles. The highest BCUT2D eigenvalue weighted by molar-refractivity contribution is 7.89. The van der Waals surface area contributed by atoms with Gasteiger partial charge >= 0.3 is 0 Å². The maximum absolute atomic E-state index is 12.1. The van der Waals surface area contributed by atoms with Crippen LogP contribution in [0.25, 0.3) is 0 Å². The Kier molecular flexibility index (Phi) is 3.44. The first kappa shape index (κ1) is 13.2. The van der Waals surface area contributed by atoms with E-state index in [1.807, 2.05) is 20.8 Å². The molecule has 0 radical (unpaired) electrons. The monoisotopic (exact) mass is 245 g/mol. The second-order valence-electron chi connectivity index (χ2n) is 5.15. The van der Waals surface area contributed by atoms with Gasteiger partial charge in [0.15, 0.2) is 5.03 Å². The number of nitrogens with one attached hydrogen (secondary N) is 1. The largest absolute Gasteiger partial charge is 0.332 e. The lowest BCUT2D eigenvalue weighted by Gasteiger charge is -2.25. The summed E-state index contributed by atoms with van der Waals surface area (Å²) in [6.45, 7) is 8.18. The quantitative estimate of drug-likeness (QED) is 0.875.